The molecule has 0 radical (unpaired) electrons. The van der Waals surface area contributed by atoms with Gasteiger partial charge in [0.1, 0.15) is 0 Å². The van der Waals surface area contributed by atoms with Crippen LogP contribution in [0.3, 0.4) is 0 Å². The molecule has 3 heteroatoms. The Bertz CT molecular complexity index is 452. The SMILES string of the molecule is Cc1ccnc(Cc2ccccn2)c1N. The predicted octanol–water partition coefficient (Wildman–Crippen LogP) is 1.96. The van der Waals surface area contributed by atoms with Crippen LogP contribution in [0.4, 0.5) is 5.69 Å². The number of nitrogens with zero attached hydrogens (tertiary/aromatic N) is 2. The van der Waals surface area contributed by atoms with Gasteiger partial charge >= 0.3 is 0 Å². The fourth-order valence-corrected chi connectivity index (χ4v) is 1.44. The second kappa shape index (κ2) is 4.09. The fourth-order valence-electron chi connectivity index (χ4n) is 1.44. The van der Waals surface area contributed by atoms with Crippen molar-refractivity contribution in [2.45, 2.75) is 13.3 Å². The largest absolute Gasteiger partial charge is 0.397 e. The van der Waals surface area contributed by atoms with Crippen molar-refractivity contribution in [1.82, 2.24) is 9.97 Å². The third kappa shape index (κ3) is 2.13. The lowest BCUT2D eigenvalue weighted by Crippen LogP contribution is -2.02. The smallest absolute Gasteiger partial charge is 0.0694 e. The van der Waals surface area contributed by atoms with Gasteiger partial charge in [-0.05, 0) is 30.7 Å². The topological polar surface area (TPSA) is 51.8 Å². The second-order valence-corrected chi connectivity index (χ2v) is 3.49. The minimum Gasteiger partial charge on any atom is -0.397 e. The van der Waals surface area contributed by atoms with Crippen molar-refractivity contribution in [3.63, 3.8) is 0 Å². The second-order valence-electron chi connectivity index (χ2n) is 3.49. The molecule has 0 saturated carbocycles. The molecule has 0 amide bonds. The highest BCUT2D eigenvalue weighted by molar-refractivity contribution is 5.50. The Kier molecular flexibility index (Phi) is 2.63. The molecule has 2 aromatic heterocycles. The number of anilines is 1. The summed E-state index contributed by atoms with van der Waals surface area (Å²) in [6.45, 7) is 1.99. The molecule has 2 rings (SSSR count). The Morgan fingerprint density at radius 1 is 1.13 bits per heavy atom. The molecular formula is C12H13N3. The molecule has 76 valence electrons. The van der Waals surface area contributed by atoms with Crippen molar-refractivity contribution < 1.29 is 0 Å². The first-order valence-corrected chi connectivity index (χ1v) is 4.87. The zero-order valence-electron chi connectivity index (χ0n) is 8.64. The summed E-state index contributed by atoms with van der Waals surface area (Å²) < 4.78 is 0. The minimum atomic E-state index is 0.689. The van der Waals surface area contributed by atoms with E-state index in [1.54, 1.807) is 12.4 Å². The van der Waals surface area contributed by atoms with Gasteiger partial charge in [0.25, 0.3) is 0 Å². The molecule has 0 spiro atoms. The molecule has 0 unspecified atom stereocenters. The number of nitrogen functional groups attached to an aromatic ring is 1. The fraction of sp³-hybridized carbons (Fsp3) is 0.167. The Balaban J connectivity index is 2.29. The molecular weight excluding hydrogens is 186 g/mol. The molecule has 0 saturated heterocycles. The van der Waals surface area contributed by atoms with E-state index in [9.17, 15) is 0 Å². The Morgan fingerprint density at radius 3 is 2.73 bits per heavy atom. The van der Waals surface area contributed by atoms with Gasteiger partial charge in [0.2, 0.25) is 0 Å². The molecule has 3 nitrogen and oxygen atoms in total. The van der Waals surface area contributed by atoms with E-state index in [1.807, 2.05) is 31.2 Å². The average Bonchev–Trinajstić information content (AvgIpc) is 2.26. The van der Waals surface area contributed by atoms with E-state index in [0.717, 1.165) is 22.6 Å². The zero-order valence-corrected chi connectivity index (χ0v) is 8.64. The van der Waals surface area contributed by atoms with E-state index in [0.29, 0.717) is 6.42 Å². The summed E-state index contributed by atoms with van der Waals surface area (Å²) in [7, 11) is 0. The molecule has 0 atom stereocenters. The molecule has 0 aliphatic carbocycles. The van der Waals surface area contributed by atoms with Crippen molar-refractivity contribution in [3.05, 3.63) is 53.6 Å². The van der Waals surface area contributed by atoms with Gasteiger partial charge in [0.15, 0.2) is 0 Å². The lowest BCUT2D eigenvalue weighted by atomic mass is 10.1. The lowest BCUT2D eigenvalue weighted by molar-refractivity contribution is 1.01. The molecule has 2 aromatic rings. The highest BCUT2D eigenvalue weighted by Gasteiger charge is 2.04. The zero-order chi connectivity index (χ0) is 10.7. The summed E-state index contributed by atoms with van der Waals surface area (Å²) in [4.78, 5) is 8.52. The van der Waals surface area contributed by atoms with Crippen molar-refractivity contribution in [2.75, 3.05) is 5.73 Å². The average molecular weight is 199 g/mol. The number of hydrogen-bond acceptors (Lipinski definition) is 3. The van der Waals surface area contributed by atoms with Crippen LogP contribution in [0.15, 0.2) is 36.7 Å². The van der Waals surface area contributed by atoms with Gasteiger partial charge in [-0.15, -0.1) is 0 Å². The van der Waals surface area contributed by atoms with Crippen molar-refractivity contribution >= 4 is 5.69 Å². The van der Waals surface area contributed by atoms with Crippen LogP contribution in [0, 0.1) is 6.92 Å². The minimum absolute atomic E-state index is 0.689. The van der Waals surface area contributed by atoms with Crippen LogP contribution in [0.2, 0.25) is 0 Å². The van der Waals surface area contributed by atoms with Crippen LogP contribution in [-0.4, -0.2) is 9.97 Å². The third-order valence-corrected chi connectivity index (χ3v) is 2.37. The first kappa shape index (κ1) is 9.65. The first-order valence-electron chi connectivity index (χ1n) is 4.87. The molecule has 0 aromatic carbocycles. The summed E-state index contributed by atoms with van der Waals surface area (Å²) in [5, 5.41) is 0. The summed E-state index contributed by atoms with van der Waals surface area (Å²) >= 11 is 0. The highest BCUT2D eigenvalue weighted by Crippen LogP contribution is 2.16. The van der Waals surface area contributed by atoms with E-state index in [1.165, 1.54) is 0 Å². The van der Waals surface area contributed by atoms with Crippen molar-refractivity contribution in [3.8, 4) is 0 Å². The van der Waals surface area contributed by atoms with Gasteiger partial charge in [-0.2, -0.15) is 0 Å². The quantitative estimate of drug-likeness (QED) is 0.804. The molecule has 0 fully saturated rings. The summed E-state index contributed by atoms with van der Waals surface area (Å²) in [5.74, 6) is 0. The van der Waals surface area contributed by atoms with Gasteiger partial charge < -0.3 is 5.73 Å². The number of rotatable bonds is 2. The number of pyridine rings is 2. The van der Waals surface area contributed by atoms with E-state index in [-0.39, 0.29) is 0 Å². The van der Waals surface area contributed by atoms with E-state index in [2.05, 4.69) is 9.97 Å². The molecule has 0 aliphatic rings. The maximum atomic E-state index is 5.94. The first-order chi connectivity index (χ1) is 7.27. The van der Waals surface area contributed by atoms with Crippen LogP contribution >= 0.6 is 0 Å². The van der Waals surface area contributed by atoms with Crippen LogP contribution in [0.25, 0.3) is 0 Å². The van der Waals surface area contributed by atoms with Crippen molar-refractivity contribution in [2.24, 2.45) is 0 Å². The molecule has 15 heavy (non-hydrogen) atoms. The van der Waals surface area contributed by atoms with E-state index >= 15 is 0 Å². The molecule has 2 heterocycles. The Morgan fingerprint density at radius 2 is 2.00 bits per heavy atom. The maximum absolute atomic E-state index is 5.94. The highest BCUT2D eigenvalue weighted by atomic mass is 14.8. The van der Waals surface area contributed by atoms with E-state index in [4.69, 9.17) is 5.73 Å². The van der Waals surface area contributed by atoms with Crippen LogP contribution in [0.1, 0.15) is 17.0 Å². The monoisotopic (exact) mass is 199 g/mol. The molecule has 0 bridgehead atoms. The Hall–Kier alpha value is -1.90. The third-order valence-electron chi connectivity index (χ3n) is 2.37. The predicted molar refractivity (Wildman–Crippen MR) is 60.4 cm³/mol. The van der Waals surface area contributed by atoms with Crippen LogP contribution < -0.4 is 5.73 Å². The van der Waals surface area contributed by atoms with Gasteiger partial charge in [0.05, 0.1) is 11.4 Å². The normalized spacial score (nSPS) is 10.2. The Labute approximate surface area is 89.0 Å². The number of aryl methyl sites for hydroxylation is 1. The maximum Gasteiger partial charge on any atom is 0.0694 e. The standard InChI is InChI=1S/C12H13N3/c1-9-5-7-15-11(12(9)13)8-10-4-2-3-6-14-10/h2-7H,8,13H2,1H3. The summed E-state index contributed by atoms with van der Waals surface area (Å²) in [6, 6.07) is 7.76. The van der Waals surface area contributed by atoms with Gasteiger partial charge in [-0.3, -0.25) is 9.97 Å². The van der Waals surface area contributed by atoms with Gasteiger partial charge in [0, 0.05) is 24.5 Å². The van der Waals surface area contributed by atoms with Crippen LogP contribution in [-0.2, 0) is 6.42 Å². The lowest BCUT2D eigenvalue weighted by Gasteiger charge is -2.06. The summed E-state index contributed by atoms with van der Waals surface area (Å²) in [6.07, 6.45) is 4.25. The van der Waals surface area contributed by atoms with Gasteiger partial charge in [-0.1, -0.05) is 6.07 Å². The summed E-state index contributed by atoms with van der Waals surface area (Å²) in [5.41, 5.74) is 9.66. The number of nitrogens with two attached hydrogens (primary N) is 1. The number of aromatic nitrogens is 2. The van der Waals surface area contributed by atoms with Crippen molar-refractivity contribution in [1.29, 1.82) is 0 Å². The van der Waals surface area contributed by atoms with E-state index < -0.39 is 0 Å². The molecule has 2 N–H and O–H groups in total. The number of hydrogen-bond donors (Lipinski definition) is 1. The molecule has 0 aliphatic heterocycles. The van der Waals surface area contributed by atoms with Crippen LogP contribution in [0.5, 0.6) is 0 Å². The van der Waals surface area contributed by atoms with Gasteiger partial charge in [-0.25, -0.2) is 0 Å².